The fraction of sp³-hybridized carbons (Fsp3) is 0.133. The monoisotopic (exact) mass is 293 g/mol. The number of aromatic hydroxyl groups is 1. The quantitative estimate of drug-likeness (QED) is 0.851. The highest BCUT2D eigenvalue weighted by atomic mass is 19.1. The highest BCUT2D eigenvalue weighted by molar-refractivity contribution is 5.81. The number of esters is 1. The van der Waals surface area contributed by atoms with Gasteiger partial charge in [-0.05, 0) is 42.0 Å². The number of benzene rings is 2. The fourth-order valence-electron chi connectivity index (χ4n) is 1.81. The molecule has 0 saturated carbocycles. The van der Waals surface area contributed by atoms with Gasteiger partial charge in [0.2, 0.25) is 0 Å². The summed E-state index contributed by atoms with van der Waals surface area (Å²) in [5, 5.41) is 12.0. The van der Waals surface area contributed by atoms with E-state index < -0.39 is 29.4 Å². The lowest BCUT2D eigenvalue weighted by molar-refractivity contribution is -0.141. The number of carbonyl (C=O) groups is 1. The van der Waals surface area contributed by atoms with Gasteiger partial charge in [0.05, 0.1) is 7.11 Å². The Hall–Kier alpha value is -2.63. The maximum atomic E-state index is 13.4. The first-order valence-corrected chi connectivity index (χ1v) is 6.09. The van der Waals surface area contributed by atoms with Crippen LogP contribution >= 0.6 is 0 Å². The first-order valence-electron chi connectivity index (χ1n) is 6.09. The van der Waals surface area contributed by atoms with E-state index in [1.54, 1.807) is 0 Å². The molecule has 2 aromatic rings. The molecule has 21 heavy (non-hydrogen) atoms. The standard InChI is InChI=1S/C15H13F2NO3/c1-21-15(20)14(9-2-7-13(19)12(17)8-9)18-11-5-3-10(16)4-6-11/h2-8,14,18-19H,1H3. The van der Waals surface area contributed by atoms with Crippen LogP contribution in [0.2, 0.25) is 0 Å². The number of carbonyl (C=O) groups excluding carboxylic acids is 1. The molecule has 2 aromatic carbocycles. The summed E-state index contributed by atoms with van der Waals surface area (Å²) in [7, 11) is 1.21. The Bertz CT molecular complexity index is 644. The molecule has 4 nitrogen and oxygen atoms in total. The van der Waals surface area contributed by atoms with Gasteiger partial charge >= 0.3 is 5.97 Å². The van der Waals surface area contributed by atoms with E-state index in [2.05, 4.69) is 10.1 Å². The van der Waals surface area contributed by atoms with Gasteiger partial charge < -0.3 is 15.2 Å². The van der Waals surface area contributed by atoms with Crippen molar-refractivity contribution in [2.24, 2.45) is 0 Å². The molecular formula is C15H13F2NO3. The smallest absolute Gasteiger partial charge is 0.332 e. The van der Waals surface area contributed by atoms with Crippen molar-refractivity contribution in [3.05, 3.63) is 59.7 Å². The van der Waals surface area contributed by atoms with Crippen LogP contribution in [0.15, 0.2) is 42.5 Å². The summed E-state index contributed by atoms with van der Waals surface area (Å²) < 4.78 is 31.0. The van der Waals surface area contributed by atoms with Gasteiger partial charge in [0.1, 0.15) is 5.82 Å². The minimum absolute atomic E-state index is 0.279. The highest BCUT2D eigenvalue weighted by Gasteiger charge is 2.22. The molecule has 110 valence electrons. The predicted molar refractivity (Wildman–Crippen MR) is 72.8 cm³/mol. The number of nitrogens with one attached hydrogen (secondary N) is 1. The summed E-state index contributed by atoms with van der Waals surface area (Å²) in [4.78, 5) is 11.8. The van der Waals surface area contributed by atoms with E-state index in [0.29, 0.717) is 5.69 Å². The molecule has 0 aliphatic heterocycles. The van der Waals surface area contributed by atoms with Crippen molar-refractivity contribution in [1.29, 1.82) is 0 Å². The van der Waals surface area contributed by atoms with Crippen molar-refractivity contribution in [1.82, 2.24) is 0 Å². The largest absolute Gasteiger partial charge is 0.505 e. The molecule has 0 aromatic heterocycles. The topological polar surface area (TPSA) is 58.6 Å². The van der Waals surface area contributed by atoms with E-state index in [1.165, 1.54) is 37.4 Å². The second kappa shape index (κ2) is 6.21. The Kier molecular flexibility index (Phi) is 4.37. The lowest BCUT2D eigenvalue weighted by Gasteiger charge is -2.18. The molecule has 0 aliphatic rings. The number of phenols is 1. The van der Waals surface area contributed by atoms with Crippen LogP contribution in [0.5, 0.6) is 5.75 Å². The number of hydrogen-bond acceptors (Lipinski definition) is 4. The Labute approximate surface area is 120 Å². The van der Waals surface area contributed by atoms with E-state index >= 15 is 0 Å². The van der Waals surface area contributed by atoms with Crippen LogP contribution in [-0.4, -0.2) is 18.2 Å². The summed E-state index contributed by atoms with van der Waals surface area (Å²) in [6.07, 6.45) is 0. The van der Waals surface area contributed by atoms with E-state index in [9.17, 15) is 18.7 Å². The summed E-state index contributed by atoms with van der Waals surface area (Å²) in [6.45, 7) is 0. The van der Waals surface area contributed by atoms with Crippen LogP contribution in [0.1, 0.15) is 11.6 Å². The maximum absolute atomic E-state index is 13.4. The lowest BCUT2D eigenvalue weighted by Crippen LogP contribution is -2.22. The predicted octanol–water partition coefficient (Wildman–Crippen LogP) is 3.00. The third kappa shape index (κ3) is 3.47. The third-order valence-electron chi connectivity index (χ3n) is 2.90. The van der Waals surface area contributed by atoms with E-state index in [4.69, 9.17) is 0 Å². The number of methoxy groups -OCH3 is 1. The zero-order valence-electron chi connectivity index (χ0n) is 11.1. The zero-order valence-corrected chi connectivity index (χ0v) is 11.1. The van der Waals surface area contributed by atoms with Gasteiger partial charge in [0.15, 0.2) is 17.6 Å². The van der Waals surface area contributed by atoms with Gasteiger partial charge in [0.25, 0.3) is 0 Å². The highest BCUT2D eigenvalue weighted by Crippen LogP contribution is 2.25. The van der Waals surface area contributed by atoms with Crippen LogP contribution in [0.25, 0.3) is 0 Å². The molecule has 0 fully saturated rings. The number of ether oxygens (including phenoxy) is 1. The van der Waals surface area contributed by atoms with Crippen LogP contribution in [0.3, 0.4) is 0 Å². The molecule has 6 heteroatoms. The van der Waals surface area contributed by atoms with Crippen molar-refractivity contribution in [2.45, 2.75) is 6.04 Å². The minimum Gasteiger partial charge on any atom is -0.505 e. The van der Waals surface area contributed by atoms with Crippen molar-refractivity contribution in [3.8, 4) is 5.75 Å². The van der Waals surface area contributed by atoms with E-state index in [-0.39, 0.29) is 5.56 Å². The van der Waals surface area contributed by atoms with Gasteiger partial charge in [-0.3, -0.25) is 0 Å². The summed E-state index contributed by atoms with van der Waals surface area (Å²) in [5.74, 6) is -2.40. The van der Waals surface area contributed by atoms with Gasteiger partial charge in [-0.2, -0.15) is 0 Å². The Morgan fingerprint density at radius 2 is 1.86 bits per heavy atom. The number of halogens is 2. The maximum Gasteiger partial charge on any atom is 0.332 e. The van der Waals surface area contributed by atoms with Crippen molar-refractivity contribution >= 4 is 11.7 Å². The summed E-state index contributed by atoms with van der Waals surface area (Å²) in [5.41, 5.74) is 0.752. The molecule has 2 rings (SSSR count). The van der Waals surface area contributed by atoms with Gasteiger partial charge in [-0.15, -0.1) is 0 Å². The van der Waals surface area contributed by atoms with Gasteiger partial charge in [-0.1, -0.05) is 6.07 Å². The summed E-state index contributed by atoms with van der Waals surface area (Å²) >= 11 is 0. The molecule has 0 radical (unpaired) electrons. The van der Waals surface area contributed by atoms with Crippen molar-refractivity contribution < 1.29 is 23.4 Å². The Morgan fingerprint density at radius 1 is 1.19 bits per heavy atom. The fourth-order valence-corrected chi connectivity index (χ4v) is 1.81. The average molecular weight is 293 g/mol. The van der Waals surface area contributed by atoms with Crippen LogP contribution in [-0.2, 0) is 9.53 Å². The molecule has 0 saturated heterocycles. The lowest BCUT2D eigenvalue weighted by atomic mass is 10.1. The Morgan fingerprint density at radius 3 is 2.43 bits per heavy atom. The molecule has 0 bridgehead atoms. The summed E-state index contributed by atoms with van der Waals surface area (Å²) in [6, 6.07) is 7.96. The van der Waals surface area contributed by atoms with Gasteiger partial charge in [0, 0.05) is 5.69 Å². The molecule has 1 unspecified atom stereocenters. The van der Waals surface area contributed by atoms with Gasteiger partial charge in [-0.25, -0.2) is 13.6 Å². The molecule has 1 atom stereocenters. The average Bonchev–Trinajstić information content (AvgIpc) is 2.49. The zero-order chi connectivity index (χ0) is 15.4. The van der Waals surface area contributed by atoms with Crippen LogP contribution in [0, 0.1) is 11.6 Å². The molecule has 2 N–H and O–H groups in total. The number of hydrogen-bond donors (Lipinski definition) is 2. The molecule has 0 aliphatic carbocycles. The van der Waals surface area contributed by atoms with E-state index in [1.807, 2.05) is 0 Å². The normalized spacial score (nSPS) is 11.8. The van der Waals surface area contributed by atoms with E-state index in [0.717, 1.165) is 12.1 Å². The molecular weight excluding hydrogens is 280 g/mol. The first-order chi connectivity index (χ1) is 10.0. The number of rotatable bonds is 4. The van der Waals surface area contributed by atoms with Crippen LogP contribution < -0.4 is 5.32 Å². The second-order valence-corrected chi connectivity index (χ2v) is 4.32. The molecule has 0 amide bonds. The minimum atomic E-state index is -0.976. The van der Waals surface area contributed by atoms with Crippen LogP contribution in [0.4, 0.5) is 14.5 Å². The number of phenolic OH excluding ortho intramolecular Hbond substituents is 1. The van der Waals surface area contributed by atoms with Crippen molar-refractivity contribution in [2.75, 3.05) is 12.4 Å². The molecule has 0 heterocycles. The number of anilines is 1. The third-order valence-corrected chi connectivity index (χ3v) is 2.90. The molecule has 0 spiro atoms. The second-order valence-electron chi connectivity index (χ2n) is 4.32. The first kappa shape index (κ1) is 14.8. The Balaban J connectivity index is 2.31. The SMILES string of the molecule is COC(=O)C(Nc1ccc(F)cc1)c1ccc(O)c(F)c1. The van der Waals surface area contributed by atoms with Crippen molar-refractivity contribution in [3.63, 3.8) is 0 Å².